The molecule has 0 aliphatic carbocycles. The van der Waals surface area contributed by atoms with Crippen molar-refractivity contribution in [1.29, 1.82) is 0 Å². The predicted octanol–water partition coefficient (Wildman–Crippen LogP) is -0.127. The standard InChI is InChI=1S/C7H12O3/c1-5(8)3-4-7(10)6(2)9/h3-4,6-7,9-10H,1-2H3/b4-3+. The SMILES string of the molecule is CC(=O)/C=C/C(O)C(C)O. The van der Waals surface area contributed by atoms with Crippen molar-refractivity contribution in [2.75, 3.05) is 0 Å². The first-order valence-electron chi connectivity index (χ1n) is 3.09. The first kappa shape index (κ1) is 9.33. The molecule has 58 valence electrons. The van der Waals surface area contributed by atoms with Gasteiger partial charge in [-0.3, -0.25) is 4.79 Å². The molecule has 0 heterocycles. The fourth-order valence-electron chi connectivity index (χ4n) is 0.395. The van der Waals surface area contributed by atoms with Gasteiger partial charge in [0.2, 0.25) is 0 Å². The van der Waals surface area contributed by atoms with Crippen molar-refractivity contribution >= 4 is 5.78 Å². The highest BCUT2D eigenvalue weighted by atomic mass is 16.3. The molecule has 0 saturated heterocycles. The van der Waals surface area contributed by atoms with Gasteiger partial charge in [0, 0.05) is 0 Å². The summed E-state index contributed by atoms with van der Waals surface area (Å²) >= 11 is 0. The van der Waals surface area contributed by atoms with E-state index in [4.69, 9.17) is 10.2 Å². The van der Waals surface area contributed by atoms with Crippen LogP contribution in [0.5, 0.6) is 0 Å². The summed E-state index contributed by atoms with van der Waals surface area (Å²) in [7, 11) is 0. The number of carbonyl (C=O) groups excluding carboxylic acids is 1. The van der Waals surface area contributed by atoms with E-state index in [1.165, 1.54) is 26.0 Å². The van der Waals surface area contributed by atoms with Gasteiger partial charge >= 0.3 is 0 Å². The smallest absolute Gasteiger partial charge is 0.152 e. The molecular weight excluding hydrogens is 132 g/mol. The van der Waals surface area contributed by atoms with Crippen molar-refractivity contribution in [3.63, 3.8) is 0 Å². The molecule has 2 atom stereocenters. The van der Waals surface area contributed by atoms with Gasteiger partial charge in [0.05, 0.1) is 12.2 Å². The molecule has 0 aromatic carbocycles. The van der Waals surface area contributed by atoms with Crippen LogP contribution >= 0.6 is 0 Å². The van der Waals surface area contributed by atoms with Crippen LogP contribution in [-0.4, -0.2) is 28.2 Å². The molecule has 0 saturated carbocycles. The van der Waals surface area contributed by atoms with Crippen molar-refractivity contribution in [2.24, 2.45) is 0 Å². The highest BCUT2D eigenvalue weighted by Gasteiger charge is 2.05. The number of aliphatic hydroxyl groups is 2. The normalized spacial score (nSPS) is 17.2. The highest BCUT2D eigenvalue weighted by Crippen LogP contribution is 1.93. The summed E-state index contributed by atoms with van der Waals surface area (Å²) in [5.41, 5.74) is 0. The molecule has 3 heteroatoms. The average Bonchev–Trinajstić information content (AvgIpc) is 1.82. The Hall–Kier alpha value is -0.670. The lowest BCUT2D eigenvalue weighted by Gasteiger charge is -2.06. The summed E-state index contributed by atoms with van der Waals surface area (Å²) in [5, 5.41) is 17.6. The van der Waals surface area contributed by atoms with E-state index >= 15 is 0 Å². The zero-order valence-electron chi connectivity index (χ0n) is 6.11. The minimum Gasteiger partial charge on any atom is -0.390 e. The summed E-state index contributed by atoms with van der Waals surface area (Å²) in [5.74, 6) is -0.139. The van der Waals surface area contributed by atoms with Gasteiger partial charge < -0.3 is 10.2 Å². The third-order valence-corrected chi connectivity index (χ3v) is 1.02. The van der Waals surface area contributed by atoms with Crippen LogP contribution in [0.25, 0.3) is 0 Å². The third kappa shape index (κ3) is 4.23. The Labute approximate surface area is 60.0 Å². The quantitative estimate of drug-likeness (QED) is 0.542. The Bertz CT molecular complexity index is 138. The maximum Gasteiger partial charge on any atom is 0.152 e. The summed E-state index contributed by atoms with van der Waals surface area (Å²) in [6.07, 6.45) is 0.740. The van der Waals surface area contributed by atoms with E-state index < -0.39 is 12.2 Å². The van der Waals surface area contributed by atoms with E-state index in [1.807, 2.05) is 0 Å². The van der Waals surface area contributed by atoms with Crippen molar-refractivity contribution in [1.82, 2.24) is 0 Å². The topological polar surface area (TPSA) is 57.5 Å². The maximum absolute atomic E-state index is 10.3. The Morgan fingerprint density at radius 3 is 2.30 bits per heavy atom. The predicted molar refractivity (Wildman–Crippen MR) is 37.5 cm³/mol. The lowest BCUT2D eigenvalue weighted by Crippen LogP contribution is -2.19. The molecule has 3 nitrogen and oxygen atoms in total. The van der Waals surface area contributed by atoms with Gasteiger partial charge in [-0.15, -0.1) is 0 Å². The Balaban J connectivity index is 3.77. The second-order valence-corrected chi connectivity index (χ2v) is 2.20. The van der Waals surface area contributed by atoms with Gasteiger partial charge in [-0.25, -0.2) is 0 Å². The second-order valence-electron chi connectivity index (χ2n) is 2.20. The number of ketones is 1. The second kappa shape index (κ2) is 4.19. The van der Waals surface area contributed by atoms with Gasteiger partial charge in [0.25, 0.3) is 0 Å². The monoisotopic (exact) mass is 144 g/mol. The number of aliphatic hydroxyl groups excluding tert-OH is 2. The molecule has 2 N–H and O–H groups in total. The molecule has 0 fully saturated rings. The summed E-state index contributed by atoms with van der Waals surface area (Å²) in [4.78, 5) is 10.3. The van der Waals surface area contributed by atoms with Crippen LogP contribution in [0, 0.1) is 0 Å². The minimum atomic E-state index is -0.941. The Kier molecular flexibility index (Phi) is 3.91. The number of allylic oxidation sites excluding steroid dienone is 1. The van der Waals surface area contributed by atoms with Gasteiger partial charge in [0.15, 0.2) is 5.78 Å². The van der Waals surface area contributed by atoms with Crippen LogP contribution in [-0.2, 0) is 4.79 Å². The number of rotatable bonds is 3. The first-order chi connectivity index (χ1) is 4.54. The van der Waals surface area contributed by atoms with Crippen molar-refractivity contribution in [3.8, 4) is 0 Å². The third-order valence-electron chi connectivity index (χ3n) is 1.02. The number of carbonyl (C=O) groups is 1. The summed E-state index contributed by atoms with van der Waals surface area (Å²) < 4.78 is 0. The van der Waals surface area contributed by atoms with Crippen LogP contribution in [0.4, 0.5) is 0 Å². The molecule has 0 aromatic heterocycles. The molecule has 0 rings (SSSR count). The highest BCUT2D eigenvalue weighted by molar-refractivity contribution is 5.87. The van der Waals surface area contributed by atoms with E-state index in [1.54, 1.807) is 0 Å². The summed E-state index contributed by atoms with van der Waals surface area (Å²) in [6, 6.07) is 0. The lowest BCUT2D eigenvalue weighted by atomic mass is 10.2. The molecule has 0 aliphatic rings. The molecule has 0 aromatic rings. The van der Waals surface area contributed by atoms with Gasteiger partial charge in [-0.05, 0) is 19.9 Å². The van der Waals surface area contributed by atoms with Crippen molar-refractivity contribution in [3.05, 3.63) is 12.2 Å². The Morgan fingerprint density at radius 2 is 2.00 bits per heavy atom. The van der Waals surface area contributed by atoms with Crippen LogP contribution in [0.3, 0.4) is 0 Å². The average molecular weight is 144 g/mol. The van der Waals surface area contributed by atoms with Crippen LogP contribution < -0.4 is 0 Å². The Morgan fingerprint density at radius 1 is 1.50 bits per heavy atom. The van der Waals surface area contributed by atoms with E-state index in [9.17, 15) is 4.79 Å². The van der Waals surface area contributed by atoms with Gasteiger partial charge in [0.1, 0.15) is 0 Å². The van der Waals surface area contributed by atoms with E-state index in [2.05, 4.69) is 0 Å². The van der Waals surface area contributed by atoms with E-state index in [-0.39, 0.29) is 5.78 Å². The van der Waals surface area contributed by atoms with Crippen molar-refractivity contribution in [2.45, 2.75) is 26.1 Å². The fraction of sp³-hybridized carbons (Fsp3) is 0.571. The molecule has 2 unspecified atom stereocenters. The maximum atomic E-state index is 10.3. The molecule has 0 bridgehead atoms. The molecule has 0 amide bonds. The molecule has 0 aliphatic heterocycles. The number of hydrogen-bond acceptors (Lipinski definition) is 3. The first-order valence-corrected chi connectivity index (χ1v) is 3.09. The minimum absolute atomic E-state index is 0.139. The van der Waals surface area contributed by atoms with Crippen LogP contribution in [0.15, 0.2) is 12.2 Å². The largest absolute Gasteiger partial charge is 0.390 e. The summed E-state index contributed by atoms with van der Waals surface area (Å²) in [6.45, 7) is 2.83. The molecule has 10 heavy (non-hydrogen) atoms. The van der Waals surface area contributed by atoms with Crippen LogP contribution in [0.1, 0.15) is 13.8 Å². The molecule has 0 spiro atoms. The number of hydrogen-bond donors (Lipinski definition) is 2. The van der Waals surface area contributed by atoms with Crippen LogP contribution in [0.2, 0.25) is 0 Å². The van der Waals surface area contributed by atoms with Crippen molar-refractivity contribution < 1.29 is 15.0 Å². The van der Waals surface area contributed by atoms with E-state index in [0.717, 1.165) is 0 Å². The molecular formula is C7H12O3. The lowest BCUT2D eigenvalue weighted by molar-refractivity contribution is -0.112. The van der Waals surface area contributed by atoms with Gasteiger partial charge in [-0.2, -0.15) is 0 Å². The van der Waals surface area contributed by atoms with Gasteiger partial charge in [-0.1, -0.05) is 6.08 Å². The molecule has 0 radical (unpaired) electrons. The fourth-order valence-corrected chi connectivity index (χ4v) is 0.395. The van der Waals surface area contributed by atoms with E-state index in [0.29, 0.717) is 0 Å². The zero-order chi connectivity index (χ0) is 8.15. The zero-order valence-corrected chi connectivity index (χ0v) is 6.11.